The summed E-state index contributed by atoms with van der Waals surface area (Å²) in [7, 11) is 0. The molecule has 0 aliphatic carbocycles. The highest BCUT2D eigenvalue weighted by atomic mass is 16.2. The number of nitrogens with zero attached hydrogens (tertiary/aromatic N) is 2. The van der Waals surface area contributed by atoms with Crippen molar-refractivity contribution in [3.8, 4) is 0 Å². The van der Waals surface area contributed by atoms with Gasteiger partial charge < -0.3 is 10.6 Å². The maximum Gasteiger partial charge on any atom is 0.319 e. The summed E-state index contributed by atoms with van der Waals surface area (Å²) >= 11 is 0. The van der Waals surface area contributed by atoms with Crippen molar-refractivity contribution >= 4 is 11.7 Å². The first-order valence-corrected chi connectivity index (χ1v) is 8.05. The van der Waals surface area contributed by atoms with Gasteiger partial charge in [-0.05, 0) is 49.2 Å². The van der Waals surface area contributed by atoms with Crippen molar-refractivity contribution in [2.24, 2.45) is 0 Å². The van der Waals surface area contributed by atoms with Gasteiger partial charge in [0.05, 0.1) is 11.9 Å². The fraction of sp³-hybridized carbons (Fsp3) is 0.333. The number of pyridine rings is 1. The first-order valence-electron chi connectivity index (χ1n) is 8.05. The molecule has 2 N–H and O–H groups in total. The molecule has 1 aliphatic rings. The van der Waals surface area contributed by atoms with Crippen molar-refractivity contribution < 1.29 is 4.79 Å². The van der Waals surface area contributed by atoms with Gasteiger partial charge in [-0.1, -0.05) is 24.3 Å². The molecule has 2 aromatic rings. The number of benzene rings is 1. The SMILES string of the molecule is O=C(NCc1ccccc1CN1CCCC1)Nc1cccnc1. The molecule has 1 saturated heterocycles. The number of carbonyl (C=O) groups is 1. The number of rotatable bonds is 5. The summed E-state index contributed by atoms with van der Waals surface area (Å²) < 4.78 is 0. The summed E-state index contributed by atoms with van der Waals surface area (Å²) in [6.07, 6.45) is 5.88. The lowest BCUT2D eigenvalue weighted by atomic mass is 10.1. The highest BCUT2D eigenvalue weighted by Gasteiger charge is 2.13. The average molecular weight is 310 g/mol. The fourth-order valence-corrected chi connectivity index (χ4v) is 2.85. The molecule has 5 nitrogen and oxygen atoms in total. The van der Waals surface area contributed by atoms with Crippen LogP contribution in [-0.4, -0.2) is 29.0 Å². The van der Waals surface area contributed by atoms with Gasteiger partial charge in [0.25, 0.3) is 0 Å². The number of carbonyl (C=O) groups excluding carboxylic acids is 1. The Bertz CT molecular complexity index is 638. The molecule has 0 bridgehead atoms. The van der Waals surface area contributed by atoms with Crippen LogP contribution in [0.1, 0.15) is 24.0 Å². The maximum atomic E-state index is 12.0. The molecule has 0 radical (unpaired) electrons. The monoisotopic (exact) mass is 310 g/mol. The minimum absolute atomic E-state index is 0.214. The van der Waals surface area contributed by atoms with E-state index in [0.717, 1.165) is 6.54 Å². The van der Waals surface area contributed by atoms with Crippen LogP contribution in [0.5, 0.6) is 0 Å². The van der Waals surface area contributed by atoms with Crippen molar-refractivity contribution in [2.75, 3.05) is 18.4 Å². The Balaban J connectivity index is 1.56. The lowest BCUT2D eigenvalue weighted by Crippen LogP contribution is -2.29. The Kier molecular flexibility index (Phi) is 5.21. The molecule has 3 rings (SSSR count). The standard InChI is InChI=1S/C18H22N4O/c23-18(21-17-8-5-9-19-13-17)20-12-15-6-1-2-7-16(15)14-22-10-3-4-11-22/h1-2,5-9,13H,3-4,10-12,14H2,(H2,20,21,23). The molecular formula is C18H22N4O. The zero-order chi connectivity index (χ0) is 15.9. The molecule has 1 aromatic carbocycles. The van der Waals surface area contributed by atoms with Crippen LogP contribution in [0.3, 0.4) is 0 Å². The summed E-state index contributed by atoms with van der Waals surface area (Å²) in [5.74, 6) is 0. The molecule has 0 unspecified atom stereocenters. The number of likely N-dealkylation sites (tertiary alicyclic amines) is 1. The lowest BCUT2D eigenvalue weighted by molar-refractivity contribution is 0.251. The molecule has 0 saturated carbocycles. The Morgan fingerprint density at radius 1 is 1.09 bits per heavy atom. The van der Waals surface area contributed by atoms with Crippen LogP contribution in [0.25, 0.3) is 0 Å². The van der Waals surface area contributed by atoms with Crippen molar-refractivity contribution in [2.45, 2.75) is 25.9 Å². The van der Waals surface area contributed by atoms with Gasteiger partial charge in [0.1, 0.15) is 0 Å². The van der Waals surface area contributed by atoms with Gasteiger partial charge in [-0.2, -0.15) is 0 Å². The first kappa shape index (κ1) is 15.5. The van der Waals surface area contributed by atoms with Gasteiger partial charge in [0.2, 0.25) is 0 Å². The van der Waals surface area contributed by atoms with E-state index in [2.05, 4.69) is 38.7 Å². The molecular weight excluding hydrogens is 288 g/mol. The van der Waals surface area contributed by atoms with Crippen LogP contribution in [0.4, 0.5) is 10.5 Å². The Hall–Kier alpha value is -2.40. The predicted molar refractivity (Wildman–Crippen MR) is 91.0 cm³/mol. The minimum Gasteiger partial charge on any atom is -0.334 e. The van der Waals surface area contributed by atoms with Crippen molar-refractivity contribution in [3.05, 3.63) is 59.9 Å². The topological polar surface area (TPSA) is 57.3 Å². The number of hydrogen-bond acceptors (Lipinski definition) is 3. The molecule has 120 valence electrons. The summed E-state index contributed by atoms with van der Waals surface area (Å²) in [6.45, 7) is 3.82. The number of urea groups is 1. The summed E-state index contributed by atoms with van der Waals surface area (Å²) in [4.78, 5) is 18.4. The van der Waals surface area contributed by atoms with Crippen LogP contribution < -0.4 is 10.6 Å². The highest BCUT2D eigenvalue weighted by Crippen LogP contribution is 2.16. The molecule has 0 spiro atoms. The third-order valence-electron chi connectivity index (χ3n) is 4.07. The molecule has 0 atom stereocenters. The molecule has 1 fully saturated rings. The van der Waals surface area contributed by atoms with E-state index in [0.29, 0.717) is 12.2 Å². The molecule has 1 aliphatic heterocycles. The molecule has 5 heteroatoms. The van der Waals surface area contributed by atoms with E-state index in [1.165, 1.54) is 37.1 Å². The normalized spacial score (nSPS) is 14.6. The van der Waals surface area contributed by atoms with E-state index in [1.807, 2.05) is 12.1 Å². The van der Waals surface area contributed by atoms with Crippen LogP contribution in [0.15, 0.2) is 48.8 Å². The van der Waals surface area contributed by atoms with Crippen molar-refractivity contribution in [1.29, 1.82) is 0 Å². The Morgan fingerprint density at radius 2 is 1.87 bits per heavy atom. The average Bonchev–Trinajstić information content (AvgIpc) is 3.08. The van der Waals surface area contributed by atoms with Gasteiger partial charge in [-0.15, -0.1) is 0 Å². The number of hydrogen-bond donors (Lipinski definition) is 2. The summed E-state index contributed by atoms with van der Waals surface area (Å²) in [5.41, 5.74) is 3.15. The van der Waals surface area contributed by atoms with Gasteiger partial charge in [0.15, 0.2) is 0 Å². The molecule has 2 heterocycles. The first-order chi connectivity index (χ1) is 11.3. The third-order valence-corrected chi connectivity index (χ3v) is 4.07. The zero-order valence-electron chi connectivity index (χ0n) is 13.2. The van der Waals surface area contributed by atoms with Gasteiger partial charge in [0, 0.05) is 19.3 Å². The fourth-order valence-electron chi connectivity index (χ4n) is 2.85. The summed E-state index contributed by atoms with van der Waals surface area (Å²) in [6, 6.07) is 11.7. The predicted octanol–water partition coefficient (Wildman–Crippen LogP) is 3.00. The van der Waals surface area contributed by atoms with Crippen LogP contribution >= 0.6 is 0 Å². The third kappa shape index (κ3) is 4.53. The maximum absolute atomic E-state index is 12.0. The zero-order valence-corrected chi connectivity index (χ0v) is 13.2. The van der Waals surface area contributed by atoms with Crippen LogP contribution in [0, 0.1) is 0 Å². The smallest absolute Gasteiger partial charge is 0.319 e. The number of amides is 2. The van der Waals surface area contributed by atoms with Gasteiger partial charge in [-0.3, -0.25) is 9.88 Å². The van der Waals surface area contributed by atoms with Crippen molar-refractivity contribution in [3.63, 3.8) is 0 Å². The highest BCUT2D eigenvalue weighted by molar-refractivity contribution is 5.88. The number of nitrogens with one attached hydrogen (secondary N) is 2. The lowest BCUT2D eigenvalue weighted by Gasteiger charge is -2.17. The van der Waals surface area contributed by atoms with Crippen LogP contribution in [-0.2, 0) is 13.1 Å². The molecule has 23 heavy (non-hydrogen) atoms. The minimum atomic E-state index is -0.214. The quantitative estimate of drug-likeness (QED) is 0.892. The number of anilines is 1. The second-order valence-electron chi connectivity index (χ2n) is 5.80. The van der Waals surface area contributed by atoms with Crippen LogP contribution in [0.2, 0.25) is 0 Å². The van der Waals surface area contributed by atoms with E-state index < -0.39 is 0 Å². The second kappa shape index (κ2) is 7.74. The molecule has 1 aromatic heterocycles. The second-order valence-corrected chi connectivity index (χ2v) is 5.80. The van der Waals surface area contributed by atoms with Gasteiger partial charge >= 0.3 is 6.03 Å². The van der Waals surface area contributed by atoms with E-state index in [9.17, 15) is 4.79 Å². The molecule has 2 amide bonds. The van der Waals surface area contributed by atoms with E-state index in [-0.39, 0.29) is 6.03 Å². The Labute approximate surface area is 136 Å². The van der Waals surface area contributed by atoms with Crippen molar-refractivity contribution in [1.82, 2.24) is 15.2 Å². The van der Waals surface area contributed by atoms with E-state index in [4.69, 9.17) is 0 Å². The van der Waals surface area contributed by atoms with E-state index in [1.54, 1.807) is 18.5 Å². The largest absolute Gasteiger partial charge is 0.334 e. The van der Waals surface area contributed by atoms with E-state index >= 15 is 0 Å². The Morgan fingerprint density at radius 3 is 2.61 bits per heavy atom. The summed E-state index contributed by atoms with van der Waals surface area (Å²) in [5, 5.41) is 5.70. The number of aromatic nitrogens is 1. The van der Waals surface area contributed by atoms with Gasteiger partial charge in [-0.25, -0.2) is 4.79 Å².